The summed E-state index contributed by atoms with van der Waals surface area (Å²) in [7, 11) is 0. The molecular formula is C22H26N4O. The number of nitrogens with one attached hydrogen (secondary N) is 1. The number of nitrogens with two attached hydrogens (primary N) is 1. The summed E-state index contributed by atoms with van der Waals surface area (Å²) in [6.45, 7) is 5.35. The fraction of sp³-hybridized carbons (Fsp3) is 0.273. The van der Waals surface area contributed by atoms with Gasteiger partial charge in [-0.05, 0) is 30.5 Å². The van der Waals surface area contributed by atoms with E-state index in [1.54, 1.807) is 6.33 Å². The zero-order valence-corrected chi connectivity index (χ0v) is 15.9. The first-order valence-electron chi connectivity index (χ1n) is 9.15. The Labute approximate surface area is 160 Å². The minimum absolute atomic E-state index is 0.160. The Morgan fingerprint density at radius 2 is 1.96 bits per heavy atom. The van der Waals surface area contributed by atoms with Gasteiger partial charge in [0.2, 0.25) is 5.91 Å². The molecule has 5 nitrogen and oxygen atoms in total. The molecule has 27 heavy (non-hydrogen) atoms. The van der Waals surface area contributed by atoms with Gasteiger partial charge in [-0.3, -0.25) is 4.79 Å². The summed E-state index contributed by atoms with van der Waals surface area (Å²) >= 11 is 0. The van der Waals surface area contributed by atoms with Crippen molar-refractivity contribution in [1.29, 1.82) is 0 Å². The number of aryl methyl sites for hydroxylation is 2. The molecule has 0 saturated heterocycles. The van der Waals surface area contributed by atoms with Gasteiger partial charge in [0.15, 0.2) is 0 Å². The normalized spacial score (nSPS) is 12.0. The van der Waals surface area contributed by atoms with Crippen LogP contribution in [0.2, 0.25) is 0 Å². The zero-order chi connectivity index (χ0) is 19.2. The SMILES string of the molecule is Cc1ccc(CNC(=O)[C@@H](N)Cc2cn(Cc3ccccc3)cn2)c(C)c1. The maximum Gasteiger partial charge on any atom is 0.237 e. The number of carbonyl (C=O) groups excluding carboxylic acids is 1. The van der Waals surface area contributed by atoms with Crippen LogP contribution in [-0.2, 0) is 24.3 Å². The van der Waals surface area contributed by atoms with Gasteiger partial charge in [0.05, 0.1) is 18.1 Å². The molecule has 0 unspecified atom stereocenters. The summed E-state index contributed by atoms with van der Waals surface area (Å²) in [5.41, 5.74) is 11.6. The first-order chi connectivity index (χ1) is 13.0. The van der Waals surface area contributed by atoms with E-state index >= 15 is 0 Å². The van der Waals surface area contributed by atoms with E-state index in [0.717, 1.165) is 17.8 Å². The van der Waals surface area contributed by atoms with Gasteiger partial charge in [-0.1, -0.05) is 54.1 Å². The molecule has 0 aliphatic carbocycles. The molecule has 3 aromatic rings. The minimum atomic E-state index is -0.615. The zero-order valence-electron chi connectivity index (χ0n) is 15.9. The molecule has 5 heteroatoms. The van der Waals surface area contributed by atoms with Crippen LogP contribution < -0.4 is 11.1 Å². The van der Waals surface area contributed by atoms with E-state index in [2.05, 4.69) is 35.4 Å². The van der Waals surface area contributed by atoms with Crippen LogP contribution in [0.3, 0.4) is 0 Å². The van der Waals surface area contributed by atoms with Crippen LogP contribution in [0.4, 0.5) is 0 Å². The second-order valence-electron chi connectivity index (χ2n) is 6.98. The molecule has 0 saturated carbocycles. The maximum absolute atomic E-state index is 12.3. The van der Waals surface area contributed by atoms with E-state index in [-0.39, 0.29) is 5.91 Å². The summed E-state index contributed by atoms with van der Waals surface area (Å²) in [5, 5.41) is 2.93. The molecule has 1 heterocycles. The van der Waals surface area contributed by atoms with Gasteiger partial charge in [-0.2, -0.15) is 0 Å². The van der Waals surface area contributed by atoms with Gasteiger partial charge in [0.25, 0.3) is 0 Å². The molecule has 2 aromatic carbocycles. The lowest BCUT2D eigenvalue weighted by Gasteiger charge is -2.13. The Morgan fingerprint density at radius 3 is 2.70 bits per heavy atom. The standard InChI is InChI=1S/C22H26N4O/c1-16-8-9-19(17(2)10-16)12-24-22(27)21(23)11-20-14-26(15-25-20)13-18-6-4-3-5-7-18/h3-10,14-15,21H,11-13,23H2,1-2H3,(H,24,27)/t21-/m0/s1. The summed E-state index contributed by atoms with van der Waals surface area (Å²) in [4.78, 5) is 16.7. The minimum Gasteiger partial charge on any atom is -0.351 e. The van der Waals surface area contributed by atoms with Crippen molar-refractivity contribution in [3.63, 3.8) is 0 Å². The highest BCUT2D eigenvalue weighted by molar-refractivity contribution is 5.81. The molecular weight excluding hydrogens is 336 g/mol. The summed E-state index contributed by atoms with van der Waals surface area (Å²) in [6.07, 6.45) is 4.15. The lowest BCUT2D eigenvalue weighted by molar-refractivity contribution is -0.122. The Bertz CT molecular complexity index is 902. The molecule has 0 bridgehead atoms. The molecule has 0 spiro atoms. The monoisotopic (exact) mass is 362 g/mol. The highest BCUT2D eigenvalue weighted by atomic mass is 16.2. The first kappa shape index (κ1) is 18.9. The molecule has 0 fully saturated rings. The maximum atomic E-state index is 12.3. The van der Waals surface area contributed by atoms with Gasteiger partial charge in [-0.25, -0.2) is 4.98 Å². The second-order valence-corrected chi connectivity index (χ2v) is 6.98. The van der Waals surface area contributed by atoms with E-state index < -0.39 is 6.04 Å². The fourth-order valence-electron chi connectivity index (χ4n) is 3.07. The van der Waals surface area contributed by atoms with Gasteiger partial charge >= 0.3 is 0 Å². The van der Waals surface area contributed by atoms with Crippen molar-refractivity contribution >= 4 is 5.91 Å². The molecule has 0 aliphatic heterocycles. The number of nitrogens with zero attached hydrogens (tertiary/aromatic N) is 2. The van der Waals surface area contributed by atoms with Gasteiger partial charge in [0, 0.05) is 25.7 Å². The Balaban J connectivity index is 1.52. The van der Waals surface area contributed by atoms with Crippen molar-refractivity contribution in [2.45, 2.75) is 39.4 Å². The van der Waals surface area contributed by atoms with E-state index in [9.17, 15) is 4.79 Å². The number of aromatic nitrogens is 2. The van der Waals surface area contributed by atoms with Gasteiger partial charge in [-0.15, -0.1) is 0 Å². The smallest absolute Gasteiger partial charge is 0.237 e. The van der Waals surface area contributed by atoms with Crippen LogP contribution in [0.25, 0.3) is 0 Å². The molecule has 3 rings (SSSR count). The Morgan fingerprint density at radius 1 is 1.19 bits per heavy atom. The average molecular weight is 362 g/mol. The van der Waals surface area contributed by atoms with E-state index in [0.29, 0.717) is 13.0 Å². The van der Waals surface area contributed by atoms with Gasteiger partial charge in [0.1, 0.15) is 0 Å². The number of benzene rings is 2. The van der Waals surface area contributed by atoms with Crippen LogP contribution in [0, 0.1) is 13.8 Å². The molecule has 1 atom stereocenters. The predicted octanol–water partition coefficient (Wildman–Crippen LogP) is 2.73. The van der Waals surface area contributed by atoms with Crippen molar-refractivity contribution in [2.24, 2.45) is 5.73 Å². The highest BCUT2D eigenvalue weighted by Crippen LogP contribution is 2.10. The number of hydrogen-bond donors (Lipinski definition) is 2. The van der Waals surface area contributed by atoms with E-state index in [1.165, 1.54) is 16.7 Å². The summed E-state index contributed by atoms with van der Waals surface area (Å²) in [6, 6.07) is 15.8. The number of hydrogen-bond acceptors (Lipinski definition) is 3. The average Bonchev–Trinajstić information content (AvgIpc) is 3.08. The van der Waals surface area contributed by atoms with E-state index in [1.807, 2.05) is 48.0 Å². The van der Waals surface area contributed by atoms with Crippen molar-refractivity contribution < 1.29 is 4.79 Å². The number of imidazole rings is 1. The van der Waals surface area contributed by atoms with Crippen LogP contribution in [0.15, 0.2) is 61.1 Å². The van der Waals surface area contributed by atoms with E-state index in [4.69, 9.17) is 5.73 Å². The van der Waals surface area contributed by atoms with Crippen molar-refractivity contribution in [2.75, 3.05) is 0 Å². The van der Waals surface area contributed by atoms with Gasteiger partial charge < -0.3 is 15.6 Å². The highest BCUT2D eigenvalue weighted by Gasteiger charge is 2.15. The predicted molar refractivity (Wildman–Crippen MR) is 107 cm³/mol. The largest absolute Gasteiger partial charge is 0.351 e. The Hall–Kier alpha value is -2.92. The third-order valence-electron chi connectivity index (χ3n) is 4.61. The number of amides is 1. The molecule has 1 aromatic heterocycles. The summed E-state index contributed by atoms with van der Waals surface area (Å²) < 4.78 is 2.00. The Kier molecular flexibility index (Phi) is 6.04. The molecule has 140 valence electrons. The van der Waals surface area contributed by atoms with Crippen LogP contribution in [0.1, 0.15) is 27.9 Å². The molecule has 3 N–H and O–H groups in total. The van der Waals surface area contributed by atoms with Crippen molar-refractivity contribution in [3.8, 4) is 0 Å². The molecule has 0 aliphatic rings. The van der Waals surface area contributed by atoms with Crippen LogP contribution >= 0.6 is 0 Å². The summed E-state index contributed by atoms with van der Waals surface area (Å²) in [5.74, 6) is -0.160. The van der Waals surface area contributed by atoms with Crippen molar-refractivity contribution in [3.05, 3.63) is 89.0 Å². The number of rotatable bonds is 7. The number of carbonyl (C=O) groups is 1. The molecule has 1 amide bonds. The van der Waals surface area contributed by atoms with Crippen LogP contribution in [0.5, 0.6) is 0 Å². The topological polar surface area (TPSA) is 72.9 Å². The third kappa shape index (κ3) is 5.28. The quantitative estimate of drug-likeness (QED) is 0.679. The fourth-order valence-corrected chi connectivity index (χ4v) is 3.07. The van der Waals surface area contributed by atoms with Crippen LogP contribution in [-0.4, -0.2) is 21.5 Å². The molecule has 0 radical (unpaired) electrons. The lowest BCUT2D eigenvalue weighted by Crippen LogP contribution is -2.41. The first-order valence-corrected chi connectivity index (χ1v) is 9.15. The third-order valence-corrected chi connectivity index (χ3v) is 4.61. The lowest BCUT2D eigenvalue weighted by atomic mass is 10.1. The second kappa shape index (κ2) is 8.64. The van der Waals surface area contributed by atoms with Crippen molar-refractivity contribution in [1.82, 2.24) is 14.9 Å².